The Labute approximate surface area is 134 Å². The van der Waals surface area contributed by atoms with Crippen LogP contribution in [0.1, 0.15) is 16.7 Å². The smallest absolute Gasteiger partial charge is 0.278 e. The standard InChI is InChI=1S/C17H19NO5/c1-11-5-8-15(12(2)17(11)18(19)20)23-10-13-6-7-14(21-3)9-16(13)22-4/h5-9H,10H2,1-4H3. The molecule has 2 aromatic carbocycles. The van der Waals surface area contributed by atoms with Crippen molar-refractivity contribution in [1.82, 2.24) is 0 Å². The Bertz CT molecular complexity index is 727. The van der Waals surface area contributed by atoms with Crippen molar-refractivity contribution in [3.05, 3.63) is 57.1 Å². The third kappa shape index (κ3) is 3.53. The van der Waals surface area contributed by atoms with E-state index < -0.39 is 0 Å². The van der Waals surface area contributed by atoms with E-state index in [1.165, 1.54) is 0 Å². The highest BCUT2D eigenvalue weighted by molar-refractivity contribution is 5.53. The van der Waals surface area contributed by atoms with Crippen molar-refractivity contribution in [2.75, 3.05) is 14.2 Å². The van der Waals surface area contributed by atoms with E-state index in [1.807, 2.05) is 12.1 Å². The van der Waals surface area contributed by atoms with Crippen LogP contribution in [0.5, 0.6) is 17.2 Å². The maximum Gasteiger partial charge on any atom is 0.278 e. The summed E-state index contributed by atoms with van der Waals surface area (Å²) in [5, 5.41) is 11.2. The molecule has 2 rings (SSSR count). The van der Waals surface area contributed by atoms with E-state index in [0.29, 0.717) is 28.4 Å². The second kappa shape index (κ2) is 7.00. The van der Waals surface area contributed by atoms with Gasteiger partial charge in [-0.3, -0.25) is 10.1 Å². The number of aryl methyl sites for hydroxylation is 1. The largest absolute Gasteiger partial charge is 0.497 e. The SMILES string of the molecule is COc1ccc(COc2ccc(C)c([N+](=O)[O-])c2C)c(OC)c1. The van der Waals surface area contributed by atoms with Crippen LogP contribution in [0, 0.1) is 24.0 Å². The minimum atomic E-state index is -0.383. The van der Waals surface area contributed by atoms with Crippen molar-refractivity contribution < 1.29 is 19.1 Å². The molecule has 0 radical (unpaired) electrons. The van der Waals surface area contributed by atoms with E-state index in [1.54, 1.807) is 46.3 Å². The number of benzene rings is 2. The van der Waals surface area contributed by atoms with E-state index in [0.717, 1.165) is 5.56 Å². The summed E-state index contributed by atoms with van der Waals surface area (Å²) in [5.41, 5.74) is 2.05. The van der Waals surface area contributed by atoms with Crippen molar-refractivity contribution in [3.8, 4) is 17.2 Å². The van der Waals surface area contributed by atoms with Gasteiger partial charge in [-0.25, -0.2) is 0 Å². The molecule has 0 aliphatic carbocycles. The Hall–Kier alpha value is -2.76. The molecular formula is C17H19NO5. The van der Waals surface area contributed by atoms with Gasteiger partial charge in [-0.2, -0.15) is 0 Å². The number of nitro benzene ring substituents is 1. The quantitative estimate of drug-likeness (QED) is 0.598. The third-order valence-corrected chi connectivity index (χ3v) is 3.64. The van der Waals surface area contributed by atoms with Crippen LogP contribution in [-0.4, -0.2) is 19.1 Å². The average molecular weight is 317 g/mol. The first-order chi connectivity index (χ1) is 11.0. The molecular weight excluding hydrogens is 298 g/mol. The Morgan fingerprint density at radius 3 is 2.39 bits per heavy atom. The van der Waals surface area contributed by atoms with Crippen LogP contribution in [0.15, 0.2) is 30.3 Å². The van der Waals surface area contributed by atoms with Gasteiger partial charge in [-0.15, -0.1) is 0 Å². The summed E-state index contributed by atoms with van der Waals surface area (Å²) in [6.45, 7) is 3.64. The van der Waals surface area contributed by atoms with Gasteiger partial charge in [0, 0.05) is 17.2 Å². The van der Waals surface area contributed by atoms with Crippen molar-refractivity contribution in [2.45, 2.75) is 20.5 Å². The highest BCUT2D eigenvalue weighted by atomic mass is 16.6. The Balaban J connectivity index is 2.25. The molecule has 0 aromatic heterocycles. The monoisotopic (exact) mass is 317 g/mol. The van der Waals surface area contributed by atoms with E-state index in [-0.39, 0.29) is 17.2 Å². The fourth-order valence-corrected chi connectivity index (χ4v) is 2.38. The number of rotatable bonds is 6. The predicted molar refractivity (Wildman–Crippen MR) is 86.4 cm³/mol. The van der Waals surface area contributed by atoms with Crippen LogP contribution in [-0.2, 0) is 6.61 Å². The molecule has 0 unspecified atom stereocenters. The summed E-state index contributed by atoms with van der Waals surface area (Å²) in [6.07, 6.45) is 0. The molecule has 0 heterocycles. The fraction of sp³-hybridized carbons (Fsp3) is 0.294. The topological polar surface area (TPSA) is 70.8 Å². The van der Waals surface area contributed by atoms with Gasteiger partial charge in [0.05, 0.1) is 24.7 Å². The van der Waals surface area contributed by atoms with Crippen LogP contribution in [0.2, 0.25) is 0 Å². The second-order valence-corrected chi connectivity index (χ2v) is 5.08. The lowest BCUT2D eigenvalue weighted by atomic mass is 10.1. The van der Waals surface area contributed by atoms with Gasteiger partial charge in [0.15, 0.2) is 0 Å². The van der Waals surface area contributed by atoms with Crippen LogP contribution >= 0.6 is 0 Å². The zero-order valence-corrected chi connectivity index (χ0v) is 13.6. The lowest BCUT2D eigenvalue weighted by Crippen LogP contribution is -2.02. The van der Waals surface area contributed by atoms with Gasteiger partial charge in [-0.1, -0.05) is 0 Å². The van der Waals surface area contributed by atoms with Crippen LogP contribution in [0.4, 0.5) is 5.69 Å². The number of nitro groups is 1. The molecule has 2 aromatic rings. The van der Waals surface area contributed by atoms with Crippen LogP contribution in [0.3, 0.4) is 0 Å². The first-order valence-electron chi connectivity index (χ1n) is 7.06. The minimum absolute atomic E-state index is 0.0872. The summed E-state index contributed by atoms with van der Waals surface area (Å²) >= 11 is 0. The number of hydrogen-bond acceptors (Lipinski definition) is 5. The third-order valence-electron chi connectivity index (χ3n) is 3.64. The van der Waals surface area contributed by atoms with Crippen LogP contribution < -0.4 is 14.2 Å². The summed E-state index contributed by atoms with van der Waals surface area (Å²) in [7, 11) is 3.15. The second-order valence-electron chi connectivity index (χ2n) is 5.08. The molecule has 0 saturated heterocycles. The molecule has 0 amide bonds. The Morgan fingerprint density at radius 2 is 1.78 bits per heavy atom. The number of methoxy groups -OCH3 is 2. The maximum absolute atomic E-state index is 11.2. The highest BCUT2D eigenvalue weighted by Gasteiger charge is 2.18. The van der Waals surface area contributed by atoms with Crippen molar-refractivity contribution in [2.24, 2.45) is 0 Å². The molecule has 0 aliphatic rings. The van der Waals surface area contributed by atoms with E-state index in [2.05, 4.69) is 0 Å². The minimum Gasteiger partial charge on any atom is -0.497 e. The molecule has 122 valence electrons. The van der Waals surface area contributed by atoms with Gasteiger partial charge in [0.25, 0.3) is 5.69 Å². The zero-order valence-electron chi connectivity index (χ0n) is 13.6. The van der Waals surface area contributed by atoms with Gasteiger partial charge in [0.1, 0.15) is 23.9 Å². The van der Waals surface area contributed by atoms with E-state index in [4.69, 9.17) is 14.2 Å². The average Bonchev–Trinajstić information content (AvgIpc) is 2.53. The van der Waals surface area contributed by atoms with E-state index >= 15 is 0 Å². The first kappa shape index (κ1) is 16.6. The molecule has 6 nitrogen and oxygen atoms in total. The van der Waals surface area contributed by atoms with Gasteiger partial charge in [0.2, 0.25) is 0 Å². The lowest BCUT2D eigenvalue weighted by molar-refractivity contribution is -0.386. The number of nitrogens with zero attached hydrogens (tertiary/aromatic N) is 1. The molecule has 0 fully saturated rings. The summed E-state index contributed by atoms with van der Waals surface area (Å²) in [6, 6.07) is 8.85. The molecule has 23 heavy (non-hydrogen) atoms. The number of hydrogen-bond donors (Lipinski definition) is 0. The normalized spacial score (nSPS) is 10.3. The fourth-order valence-electron chi connectivity index (χ4n) is 2.38. The van der Waals surface area contributed by atoms with Crippen molar-refractivity contribution in [1.29, 1.82) is 0 Å². The lowest BCUT2D eigenvalue weighted by Gasteiger charge is -2.13. The van der Waals surface area contributed by atoms with Gasteiger partial charge >= 0.3 is 0 Å². The van der Waals surface area contributed by atoms with Gasteiger partial charge in [-0.05, 0) is 38.1 Å². The molecule has 0 N–H and O–H groups in total. The van der Waals surface area contributed by atoms with E-state index in [9.17, 15) is 10.1 Å². The first-order valence-corrected chi connectivity index (χ1v) is 7.06. The van der Waals surface area contributed by atoms with Crippen molar-refractivity contribution in [3.63, 3.8) is 0 Å². The van der Waals surface area contributed by atoms with Crippen LogP contribution in [0.25, 0.3) is 0 Å². The Kier molecular flexibility index (Phi) is 5.05. The summed E-state index contributed by atoms with van der Waals surface area (Å²) < 4.78 is 16.2. The molecule has 0 saturated carbocycles. The zero-order chi connectivity index (χ0) is 17.0. The molecule has 0 aliphatic heterocycles. The molecule has 0 spiro atoms. The summed E-state index contributed by atoms with van der Waals surface area (Å²) in [4.78, 5) is 10.8. The molecule has 0 atom stereocenters. The predicted octanol–water partition coefficient (Wildman–Crippen LogP) is 3.81. The molecule has 6 heteroatoms. The van der Waals surface area contributed by atoms with Crippen molar-refractivity contribution >= 4 is 5.69 Å². The maximum atomic E-state index is 11.2. The highest BCUT2D eigenvalue weighted by Crippen LogP contribution is 2.32. The Morgan fingerprint density at radius 1 is 1.04 bits per heavy atom. The number of ether oxygens (including phenoxy) is 3. The summed E-state index contributed by atoms with van der Waals surface area (Å²) in [5.74, 6) is 1.82. The molecule has 0 bridgehead atoms. The van der Waals surface area contributed by atoms with Gasteiger partial charge < -0.3 is 14.2 Å².